The number of carbonyl (C=O) groups is 2. The number of nitrogens with two attached hydrogens (primary N) is 1. The Kier molecular flexibility index (Phi) is 7.61. The molecule has 3 aliphatic rings. The van der Waals surface area contributed by atoms with E-state index in [-0.39, 0.29) is 82.4 Å². The standard InChI is InChI=1S/C33H32F3N5O7/c1-3-46-29-17(14-26(37)42)13-25(39-27(29)16-4-9-22-23(11-16)48-33(35,36)47-22)32(44,19-5-6-19)15-38-31(43)18-10-21-28(24(12-18)45-2)40-41(30(21)34)20-7-8-20/h4,9-13,19-20,44H,3,5-8,14-15H2,1-2H3,(H2,37,42)(H,38,43)/t32-/m1/s1. The van der Waals surface area contributed by atoms with E-state index in [1.165, 1.54) is 48.2 Å². The third-order valence-corrected chi connectivity index (χ3v) is 8.67. The summed E-state index contributed by atoms with van der Waals surface area (Å²) in [6.45, 7) is 1.58. The maximum absolute atomic E-state index is 15.3. The van der Waals surface area contributed by atoms with E-state index in [9.17, 15) is 23.5 Å². The predicted octanol–water partition coefficient (Wildman–Crippen LogP) is 4.36. The zero-order chi connectivity index (χ0) is 34.0. The molecule has 7 rings (SSSR count). The van der Waals surface area contributed by atoms with Gasteiger partial charge in [-0.3, -0.25) is 9.59 Å². The Bertz CT molecular complexity index is 1960. The van der Waals surface area contributed by atoms with Crippen molar-refractivity contribution in [3.8, 4) is 34.3 Å². The molecule has 2 aliphatic carbocycles. The van der Waals surface area contributed by atoms with Crippen molar-refractivity contribution in [1.82, 2.24) is 20.1 Å². The number of pyridine rings is 1. The zero-order valence-electron chi connectivity index (χ0n) is 26.0. The molecule has 2 saturated carbocycles. The van der Waals surface area contributed by atoms with E-state index in [4.69, 9.17) is 20.2 Å². The lowest BCUT2D eigenvalue weighted by molar-refractivity contribution is -0.286. The van der Waals surface area contributed by atoms with E-state index in [0.717, 1.165) is 12.8 Å². The van der Waals surface area contributed by atoms with Crippen molar-refractivity contribution in [3.05, 3.63) is 59.2 Å². The van der Waals surface area contributed by atoms with Crippen molar-refractivity contribution in [2.75, 3.05) is 20.3 Å². The first-order valence-electron chi connectivity index (χ1n) is 15.5. The number of aliphatic hydroxyl groups is 1. The SMILES string of the molecule is CCOc1c(CC(N)=O)cc([C@@](O)(CNC(=O)c2cc(OC)c3nn(C4CC4)c(F)c3c2)C2CC2)nc1-c1ccc2c(c1)OC(F)(F)O2. The van der Waals surface area contributed by atoms with Gasteiger partial charge in [0.05, 0.1) is 43.8 Å². The van der Waals surface area contributed by atoms with Crippen LogP contribution in [0.5, 0.6) is 23.0 Å². The highest BCUT2D eigenvalue weighted by atomic mass is 19.3. The first-order chi connectivity index (χ1) is 22.9. The van der Waals surface area contributed by atoms with Crippen LogP contribution in [0.2, 0.25) is 0 Å². The van der Waals surface area contributed by atoms with Crippen LogP contribution in [0.4, 0.5) is 13.2 Å². The lowest BCUT2D eigenvalue weighted by Gasteiger charge is -2.30. The van der Waals surface area contributed by atoms with Crippen molar-refractivity contribution in [2.24, 2.45) is 11.7 Å². The summed E-state index contributed by atoms with van der Waals surface area (Å²) in [5.41, 5.74) is 5.06. The molecule has 48 heavy (non-hydrogen) atoms. The average molecular weight is 668 g/mol. The number of aromatic nitrogens is 3. The first kappa shape index (κ1) is 31.5. The average Bonchev–Trinajstić information content (AvgIpc) is 3.98. The van der Waals surface area contributed by atoms with E-state index in [1.807, 2.05) is 0 Å². The number of hydrogen-bond donors (Lipinski definition) is 3. The molecule has 2 aromatic heterocycles. The van der Waals surface area contributed by atoms with Crippen molar-refractivity contribution in [2.45, 2.75) is 57.0 Å². The van der Waals surface area contributed by atoms with Gasteiger partial charge in [0.15, 0.2) is 11.5 Å². The number of ether oxygens (including phenoxy) is 4. The second-order valence-corrected chi connectivity index (χ2v) is 12.2. The Labute approximate surface area is 271 Å². The van der Waals surface area contributed by atoms with Crippen molar-refractivity contribution < 1.29 is 46.8 Å². The van der Waals surface area contributed by atoms with Crippen LogP contribution >= 0.6 is 0 Å². The topological polar surface area (TPSA) is 160 Å². The maximum Gasteiger partial charge on any atom is 0.586 e. The van der Waals surface area contributed by atoms with Crippen LogP contribution in [0.1, 0.15) is 60.3 Å². The van der Waals surface area contributed by atoms with Gasteiger partial charge < -0.3 is 35.1 Å². The minimum atomic E-state index is -3.85. The number of primary amides is 1. The second-order valence-electron chi connectivity index (χ2n) is 12.2. The number of alkyl halides is 2. The van der Waals surface area contributed by atoms with E-state index in [0.29, 0.717) is 23.9 Å². The number of nitrogens with one attached hydrogen (secondary N) is 1. The molecular formula is C33H32F3N5O7. The van der Waals surface area contributed by atoms with Gasteiger partial charge in [-0.15, -0.1) is 8.78 Å². The van der Waals surface area contributed by atoms with Crippen molar-refractivity contribution in [3.63, 3.8) is 0 Å². The van der Waals surface area contributed by atoms with Crippen molar-refractivity contribution >= 4 is 22.7 Å². The van der Waals surface area contributed by atoms with E-state index < -0.39 is 29.7 Å². The van der Waals surface area contributed by atoms with Gasteiger partial charge in [-0.1, -0.05) is 0 Å². The molecule has 3 heterocycles. The number of halogens is 3. The number of fused-ring (bicyclic) bond motifs is 2. The summed E-state index contributed by atoms with van der Waals surface area (Å²) in [4.78, 5) is 30.4. The molecule has 2 fully saturated rings. The fourth-order valence-corrected chi connectivity index (χ4v) is 6.04. The van der Waals surface area contributed by atoms with E-state index in [2.05, 4.69) is 19.9 Å². The quantitative estimate of drug-likeness (QED) is 0.200. The zero-order valence-corrected chi connectivity index (χ0v) is 26.0. The third kappa shape index (κ3) is 5.71. The van der Waals surface area contributed by atoms with Crippen LogP contribution in [0.15, 0.2) is 36.4 Å². The molecule has 0 spiro atoms. The molecule has 0 radical (unpaired) electrons. The molecule has 0 unspecified atom stereocenters. The summed E-state index contributed by atoms with van der Waals surface area (Å²) in [5, 5.41) is 19.5. The van der Waals surface area contributed by atoms with Gasteiger partial charge in [0.25, 0.3) is 5.91 Å². The molecule has 0 saturated heterocycles. The Morgan fingerprint density at radius 3 is 2.56 bits per heavy atom. The summed E-state index contributed by atoms with van der Waals surface area (Å²) < 4.78 is 64.7. The summed E-state index contributed by atoms with van der Waals surface area (Å²) in [6, 6.07) is 8.38. The largest absolute Gasteiger partial charge is 0.586 e. The number of amides is 2. The lowest BCUT2D eigenvalue weighted by Crippen LogP contribution is -2.43. The van der Waals surface area contributed by atoms with E-state index in [1.54, 1.807) is 6.92 Å². The van der Waals surface area contributed by atoms with Gasteiger partial charge in [0.2, 0.25) is 11.9 Å². The molecule has 1 atom stereocenters. The molecule has 12 nitrogen and oxygen atoms in total. The number of hydrogen-bond acceptors (Lipinski definition) is 9. The Hall–Kier alpha value is -5.05. The molecule has 1 aliphatic heterocycles. The number of nitrogens with zero attached hydrogens (tertiary/aromatic N) is 3. The summed E-state index contributed by atoms with van der Waals surface area (Å²) >= 11 is 0. The molecule has 4 N–H and O–H groups in total. The number of benzene rings is 2. The highest BCUT2D eigenvalue weighted by Crippen LogP contribution is 2.48. The molecule has 252 valence electrons. The minimum absolute atomic E-state index is 0.0301. The first-order valence-corrected chi connectivity index (χ1v) is 15.5. The van der Waals surface area contributed by atoms with Gasteiger partial charge >= 0.3 is 6.29 Å². The minimum Gasteiger partial charge on any atom is -0.494 e. The van der Waals surface area contributed by atoms with Crippen LogP contribution in [-0.4, -0.2) is 58.2 Å². The second kappa shape index (κ2) is 11.6. The molecule has 2 aromatic carbocycles. The normalized spacial score (nSPS) is 17.6. The smallest absolute Gasteiger partial charge is 0.494 e. The summed E-state index contributed by atoms with van der Waals surface area (Å²) in [6.07, 6.45) is -1.27. The number of rotatable bonds is 12. The molecule has 0 bridgehead atoms. The summed E-state index contributed by atoms with van der Waals surface area (Å²) in [7, 11) is 1.40. The highest BCUT2D eigenvalue weighted by molar-refractivity contribution is 6.00. The van der Waals surface area contributed by atoms with Gasteiger partial charge in [-0.05, 0) is 74.9 Å². The lowest BCUT2D eigenvalue weighted by atomic mass is 9.90. The molecule has 4 aromatic rings. The Morgan fingerprint density at radius 2 is 1.90 bits per heavy atom. The highest BCUT2D eigenvalue weighted by Gasteiger charge is 2.48. The van der Waals surface area contributed by atoms with E-state index >= 15 is 4.39 Å². The van der Waals surface area contributed by atoms with Crippen LogP contribution in [0.25, 0.3) is 22.2 Å². The fourth-order valence-electron chi connectivity index (χ4n) is 6.04. The van der Waals surface area contributed by atoms with Crippen molar-refractivity contribution in [1.29, 1.82) is 0 Å². The van der Waals surface area contributed by atoms with Gasteiger partial charge in [-0.25, -0.2) is 9.67 Å². The van der Waals surface area contributed by atoms with Crippen LogP contribution in [0, 0.1) is 11.9 Å². The summed E-state index contributed by atoms with van der Waals surface area (Å²) in [5.74, 6) is -2.19. The van der Waals surface area contributed by atoms with Gasteiger partial charge in [0.1, 0.15) is 28.3 Å². The molecule has 2 amide bonds. The molecular weight excluding hydrogens is 635 g/mol. The number of methoxy groups -OCH3 is 1. The van der Waals surface area contributed by atoms with Crippen LogP contribution in [0.3, 0.4) is 0 Å². The maximum atomic E-state index is 15.3. The third-order valence-electron chi connectivity index (χ3n) is 8.67. The monoisotopic (exact) mass is 667 g/mol. The Morgan fingerprint density at radius 1 is 1.15 bits per heavy atom. The predicted molar refractivity (Wildman–Crippen MR) is 163 cm³/mol. The van der Waals surface area contributed by atoms with Gasteiger partial charge in [0, 0.05) is 16.7 Å². The van der Waals surface area contributed by atoms with Gasteiger partial charge in [-0.2, -0.15) is 9.49 Å². The number of carbonyl (C=O) groups excluding carboxylic acids is 2. The Balaban J connectivity index is 1.25. The fraction of sp³-hybridized carbons (Fsp3) is 0.394. The molecule has 15 heteroatoms. The van der Waals surface area contributed by atoms with Crippen LogP contribution < -0.4 is 30.0 Å². The van der Waals surface area contributed by atoms with Crippen LogP contribution in [-0.2, 0) is 16.8 Å².